The first-order valence-electron chi connectivity index (χ1n) is 13.3. The van der Waals surface area contributed by atoms with Gasteiger partial charge in [0.15, 0.2) is 5.69 Å². The molecule has 1 saturated heterocycles. The molecule has 3 heterocycles. The van der Waals surface area contributed by atoms with E-state index in [4.69, 9.17) is 9.15 Å². The first kappa shape index (κ1) is 30.0. The number of Topliss-reactive ketones (excluding diaryl/α,β-unsaturated/α-hetero) is 1. The molecule has 212 valence electrons. The van der Waals surface area contributed by atoms with Crippen LogP contribution in [0.15, 0.2) is 46.6 Å². The molecule has 2 N–H and O–H groups in total. The maximum Gasteiger partial charge on any atom is 0.329 e. The number of aliphatic hydroxyl groups is 1. The zero-order valence-corrected chi connectivity index (χ0v) is 23.3. The van der Waals surface area contributed by atoms with Gasteiger partial charge in [0.2, 0.25) is 11.8 Å². The summed E-state index contributed by atoms with van der Waals surface area (Å²) in [6.45, 7) is 10.2. The van der Waals surface area contributed by atoms with Crippen molar-refractivity contribution in [1.82, 2.24) is 15.2 Å². The number of allylic oxidation sites excluding steroid dienone is 2. The number of aromatic nitrogens is 1. The van der Waals surface area contributed by atoms with Crippen LogP contribution < -0.4 is 5.32 Å². The predicted octanol–water partition coefficient (Wildman–Crippen LogP) is 2.92. The van der Waals surface area contributed by atoms with Gasteiger partial charge in [-0.3, -0.25) is 14.4 Å². The Bertz CT molecular complexity index is 1160. The van der Waals surface area contributed by atoms with Gasteiger partial charge in [-0.2, -0.15) is 0 Å². The summed E-state index contributed by atoms with van der Waals surface area (Å²) < 4.78 is 11.3. The van der Waals surface area contributed by atoms with Gasteiger partial charge in [0.25, 0.3) is 5.91 Å². The second-order valence-corrected chi connectivity index (χ2v) is 11.3. The van der Waals surface area contributed by atoms with Gasteiger partial charge in [0, 0.05) is 25.4 Å². The summed E-state index contributed by atoms with van der Waals surface area (Å²) in [6, 6.07) is -0.776. The van der Waals surface area contributed by atoms with Crippen LogP contribution in [-0.2, 0) is 25.5 Å². The number of esters is 1. The molecule has 1 aromatic rings. The minimum atomic E-state index is -1.01. The summed E-state index contributed by atoms with van der Waals surface area (Å²) >= 11 is 0. The van der Waals surface area contributed by atoms with E-state index in [1.165, 1.54) is 17.2 Å². The second kappa shape index (κ2) is 13.0. The van der Waals surface area contributed by atoms with Crippen molar-refractivity contribution in [2.45, 2.75) is 78.6 Å². The van der Waals surface area contributed by atoms with E-state index in [0.717, 1.165) is 5.57 Å². The minimum Gasteiger partial charge on any atom is -0.460 e. The number of fused-ring (bicyclic) bond motifs is 3. The summed E-state index contributed by atoms with van der Waals surface area (Å²) in [5.74, 6) is -1.79. The Balaban J connectivity index is 1.88. The van der Waals surface area contributed by atoms with E-state index in [1.54, 1.807) is 31.2 Å². The molecule has 2 aliphatic rings. The minimum absolute atomic E-state index is 0.00648. The van der Waals surface area contributed by atoms with Crippen molar-refractivity contribution in [1.29, 1.82) is 0 Å². The average molecular weight is 542 g/mol. The second-order valence-electron chi connectivity index (χ2n) is 11.3. The summed E-state index contributed by atoms with van der Waals surface area (Å²) in [5, 5.41) is 13.0. The predicted molar refractivity (Wildman–Crippen MR) is 143 cm³/mol. The molecule has 4 atom stereocenters. The normalized spacial score (nSPS) is 29.6. The van der Waals surface area contributed by atoms with E-state index < -0.39 is 35.5 Å². The molecule has 0 radical (unpaired) electrons. The van der Waals surface area contributed by atoms with E-state index >= 15 is 0 Å². The molecule has 0 saturated carbocycles. The number of amides is 2. The number of ether oxygens (including phenoxy) is 1. The van der Waals surface area contributed by atoms with E-state index in [9.17, 15) is 24.3 Å². The van der Waals surface area contributed by atoms with Gasteiger partial charge < -0.3 is 24.5 Å². The van der Waals surface area contributed by atoms with Crippen molar-refractivity contribution in [3.63, 3.8) is 0 Å². The van der Waals surface area contributed by atoms with Crippen LogP contribution in [0, 0.1) is 11.3 Å². The molecule has 1 fully saturated rings. The highest BCUT2D eigenvalue weighted by Gasteiger charge is 2.40. The quantitative estimate of drug-likeness (QED) is 0.478. The molecule has 2 bridgehead atoms. The van der Waals surface area contributed by atoms with Gasteiger partial charge >= 0.3 is 5.97 Å². The zero-order valence-electron chi connectivity index (χ0n) is 23.3. The van der Waals surface area contributed by atoms with Crippen LogP contribution in [0.3, 0.4) is 0 Å². The Kier molecular flexibility index (Phi) is 10.0. The zero-order chi connectivity index (χ0) is 28.7. The van der Waals surface area contributed by atoms with Crippen LogP contribution >= 0.6 is 0 Å². The molecule has 1 aromatic heterocycles. The maximum atomic E-state index is 13.3. The molecular weight excluding hydrogens is 502 g/mol. The molecule has 4 unspecified atom stereocenters. The van der Waals surface area contributed by atoms with Gasteiger partial charge in [0.1, 0.15) is 24.2 Å². The third-order valence-electron chi connectivity index (χ3n) is 6.70. The number of hydrogen-bond acceptors (Lipinski definition) is 8. The van der Waals surface area contributed by atoms with Gasteiger partial charge in [-0.1, -0.05) is 57.6 Å². The Morgan fingerprint density at radius 1 is 1.15 bits per heavy atom. The van der Waals surface area contributed by atoms with Crippen LogP contribution in [0.4, 0.5) is 0 Å². The number of ketones is 1. The fourth-order valence-corrected chi connectivity index (χ4v) is 4.86. The lowest BCUT2D eigenvalue weighted by atomic mass is 9.81. The average Bonchev–Trinajstić information content (AvgIpc) is 3.51. The lowest BCUT2D eigenvalue weighted by molar-refractivity contribution is -0.162. The van der Waals surface area contributed by atoms with Crippen molar-refractivity contribution in [2.75, 3.05) is 13.1 Å². The topological polar surface area (TPSA) is 139 Å². The largest absolute Gasteiger partial charge is 0.460 e. The molecule has 0 aromatic carbocycles. The van der Waals surface area contributed by atoms with E-state index in [1.807, 2.05) is 27.7 Å². The Morgan fingerprint density at radius 3 is 2.62 bits per heavy atom. The smallest absolute Gasteiger partial charge is 0.329 e. The number of hydrogen-bond donors (Lipinski definition) is 2. The third-order valence-corrected chi connectivity index (χ3v) is 6.70. The van der Waals surface area contributed by atoms with Crippen molar-refractivity contribution in [2.24, 2.45) is 11.3 Å². The third kappa shape index (κ3) is 8.48. The Hall–Kier alpha value is -3.53. The number of rotatable bonds is 0. The van der Waals surface area contributed by atoms with Crippen LogP contribution in [0.2, 0.25) is 0 Å². The molecule has 0 spiro atoms. The number of aliphatic hydroxyl groups excluding tert-OH is 1. The van der Waals surface area contributed by atoms with E-state index in [-0.39, 0.29) is 48.6 Å². The Labute approximate surface area is 229 Å². The SMILES string of the molecule is CC1=C\C(O)CC(=O)Cc2nc(co2)C(=O)N2CCCC2C(=O)OC(C(C)(C)C)C(C)/C=C/C(=O)NC\C=C\1. The summed E-state index contributed by atoms with van der Waals surface area (Å²) in [5.41, 5.74) is 0.304. The number of nitrogens with zero attached hydrogens (tertiary/aromatic N) is 2. The standard InChI is InChI=1S/C29H39N3O7/c1-18-8-6-12-30-24(35)11-10-19(2)26(29(3,4)5)39-28(37)23-9-7-13-32(23)27(36)22-17-38-25(31-22)16-21(34)15-20(33)14-18/h6,8,10-11,14,17,19-20,23,26,33H,7,9,12-13,15-16H2,1-5H3,(H,30,35)/b8-6+,11-10+,18-14+. The van der Waals surface area contributed by atoms with Crippen molar-refractivity contribution < 1.29 is 33.4 Å². The lowest BCUT2D eigenvalue weighted by Crippen LogP contribution is -2.45. The van der Waals surface area contributed by atoms with Crippen LogP contribution in [0.5, 0.6) is 0 Å². The Morgan fingerprint density at radius 2 is 1.90 bits per heavy atom. The first-order chi connectivity index (χ1) is 18.3. The monoisotopic (exact) mass is 541 g/mol. The van der Waals surface area contributed by atoms with Gasteiger partial charge in [-0.15, -0.1) is 0 Å². The van der Waals surface area contributed by atoms with E-state index in [2.05, 4.69) is 10.3 Å². The van der Waals surface area contributed by atoms with Crippen LogP contribution in [0.1, 0.15) is 70.3 Å². The number of oxazole rings is 1. The van der Waals surface area contributed by atoms with Crippen molar-refractivity contribution in [3.05, 3.63) is 53.8 Å². The summed E-state index contributed by atoms with van der Waals surface area (Å²) in [4.78, 5) is 56.9. The summed E-state index contributed by atoms with van der Waals surface area (Å²) in [7, 11) is 0. The molecule has 39 heavy (non-hydrogen) atoms. The molecule has 2 amide bonds. The van der Waals surface area contributed by atoms with Gasteiger partial charge in [-0.05, 0) is 31.3 Å². The molecule has 0 aliphatic carbocycles. The fraction of sp³-hybridized carbons (Fsp3) is 0.552. The molecule has 10 heteroatoms. The first-order valence-corrected chi connectivity index (χ1v) is 13.3. The molecule has 3 rings (SSSR count). The van der Waals surface area contributed by atoms with Crippen LogP contribution in [0.25, 0.3) is 0 Å². The number of cyclic esters (lactones) is 1. The lowest BCUT2D eigenvalue weighted by Gasteiger charge is -2.35. The van der Waals surface area contributed by atoms with Crippen molar-refractivity contribution in [3.8, 4) is 0 Å². The van der Waals surface area contributed by atoms with Gasteiger partial charge in [-0.25, -0.2) is 9.78 Å². The summed E-state index contributed by atoms with van der Waals surface area (Å²) in [6.07, 6.45) is 8.56. The number of carbonyl (C=O) groups excluding carboxylic acids is 4. The van der Waals surface area contributed by atoms with Crippen molar-refractivity contribution >= 4 is 23.6 Å². The molecular formula is C29H39N3O7. The highest BCUT2D eigenvalue weighted by molar-refractivity contribution is 5.95. The van der Waals surface area contributed by atoms with Crippen LogP contribution in [-0.4, -0.2) is 69.9 Å². The van der Waals surface area contributed by atoms with Gasteiger partial charge in [0.05, 0.1) is 12.5 Å². The highest BCUT2D eigenvalue weighted by atomic mass is 16.5. The number of carbonyl (C=O) groups is 4. The fourth-order valence-electron chi connectivity index (χ4n) is 4.86. The molecule has 2 aliphatic heterocycles. The van der Waals surface area contributed by atoms with E-state index in [0.29, 0.717) is 19.4 Å². The molecule has 10 nitrogen and oxygen atoms in total. The maximum absolute atomic E-state index is 13.3. The number of nitrogens with one attached hydrogen (secondary N) is 1. The highest BCUT2D eigenvalue weighted by Crippen LogP contribution is 2.31.